The molecule has 1 aromatic heterocycles. The van der Waals surface area contributed by atoms with Gasteiger partial charge in [-0.2, -0.15) is 5.26 Å². The van der Waals surface area contributed by atoms with Gasteiger partial charge >= 0.3 is 6.09 Å². The summed E-state index contributed by atoms with van der Waals surface area (Å²) >= 11 is 0. The molecule has 1 aliphatic heterocycles. The van der Waals surface area contributed by atoms with Gasteiger partial charge in [-0.1, -0.05) is 6.07 Å². The normalized spacial score (nSPS) is 12.2. The first kappa shape index (κ1) is 25.4. The predicted molar refractivity (Wildman–Crippen MR) is 123 cm³/mol. The lowest BCUT2D eigenvalue weighted by Gasteiger charge is -2.30. The number of carbonyl (C=O) groups excluding carboxylic acids is 1. The average molecular weight is 456 g/mol. The van der Waals surface area contributed by atoms with Crippen LogP contribution in [0.1, 0.15) is 29.3 Å². The number of aromatic nitrogens is 1. The molecule has 0 spiro atoms. The molecule has 0 radical (unpaired) electrons. The SMILES string of the molecule is CCOC(=O)N1CCc2nc(N)c(C#N)c(-c3ccc(OC)c(CN(C)C)c3)c2C1.O=CO. The van der Waals surface area contributed by atoms with Gasteiger partial charge in [0.1, 0.15) is 23.2 Å². The van der Waals surface area contributed by atoms with Crippen LogP contribution in [-0.2, 0) is 29.0 Å². The van der Waals surface area contributed by atoms with Crippen LogP contribution in [0.3, 0.4) is 0 Å². The van der Waals surface area contributed by atoms with Crippen molar-refractivity contribution in [3.05, 3.63) is 40.6 Å². The fourth-order valence-electron chi connectivity index (χ4n) is 3.78. The number of nitrogens with two attached hydrogens (primary N) is 1. The summed E-state index contributed by atoms with van der Waals surface area (Å²) < 4.78 is 10.7. The van der Waals surface area contributed by atoms with Crippen LogP contribution in [0.4, 0.5) is 10.6 Å². The van der Waals surface area contributed by atoms with Gasteiger partial charge in [-0.3, -0.25) is 4.79 Å². The second-order valence-electron chi connectivity index (χ2n) is 7.52. The van der Waals surface area contributed by atoms with Gasteiger partial charge in [-0.25, -0.2) is 9.78 Å². The van der Waals surface area contributed by atoms with E-state index in [4.69, 9.17) is 25.1 Å². The largest absolute Gasteiger partial charge is 0.496 e. The third kappa shape index (κ3) is 5.90. The Morgan fingerprint density at radius 2 is 2.12 bits per heavy atom. The number of anilines is 1. The minimum absolute atomic E-state index is 0.209. The van der Waals surface area contributed by atoms with Crippen LogP contribution in [0, 0.1) is 11.3 Å². The first-order valence-corrected chi connectivity index (χ1v) is 10.3. The summed E-state index contributed by atoms with van der Waals surface area (Å²) in [6.07, 6.45) is 0.185. The number of ether oxygens (including phenoxy) is 2. The van der Waals surface area contributed by atoms with E-state index < -0.39 is 0 Å². The quantitative estimate of drug-likeness (QED) is 0.650. The van der Waals surface area contributed by atoms with Crippen LogP contribution in [-0.4, -0.2) is 66.8 Å². The summed E-state index contributed by atoms with van der Waals surface area (Å²) in [7, 11) is 5.60. The highest BCUT2D eigenvalue weighted by Gasteiger charge is 2.28. The monoisotopic (exact) mass is 455 g/mol. The first-order valence-electron chi connectivity index (χ1n) is 10.3. The number of rotatable bonds is 5. The van der Waals surface area contributed by atoms with Crippen molar-refractivity contribution in [2.45, 2.75) is 26.4 Å². The third-order valence-corrected chi connectivity index (χ3v) is 5.07. The molecule has 2 aromatic rings. The van der Waals surface area contributed by atoms with Gasteiger partial charge in [0.05, 0.1) is 26.0 Å². The summed E-state index contributed by atoms with van der Waals surface area (Å²) in [5.74, 6) is 0.982. The van der Waals surface area contributed by atoms with Gasteiger partial charge in [0, 0.05) is 36.2 Å². The molecule has 0 saturated carbocycles. The fourth-order valence-corrected chi connectivity index (χ4v) is 3.78. The highest BCUT2D eigenvalue weighted by Crippen LogP contribution is 2.37. The minimum atomic E-state index is -0.368. The van der Waals surface area contributed by atoms with Crippen molar-refractivity contribution in [3.8, 4) is 22.9 Å². The van der Waals surface area contributed by atoms with Gasteiger partial charge in [-0.15, -0.1) is 0 Å². The molecule has 3 N–H and O–H groups in total. The van der Waals surface area contributed by atoms with Gasteiger partial charge < -0.3 is 30.1 Å². The zero-order chi connectivity index (χ0) is 24.5. The molecular formula is C23H29N5O5. The van der Waals surface area contributed by atoms with Crippen LogP contribution in [0.25, 0.3) is 11.1 Å². The number of hydrogen-bond acceptors (Lipinski definition) is 8. The van der Waals surface area contributed by atoms with E-state index >= 15 is 0 Å². The molecule has 1 amide bonds. The Kier molecular flexibility index (Phi) is 9.00. The number of carboxylic acid groups (broad SMARTS) is 1. The van der Waals surface area contributed by atoms with E-state index in [1.807, 2.05) is 37.2 Å². The van der Waals surface area contributed by atoms with E-state index in [-0.39, 0.29) is 18.4 Å². The zero-order valence-corrected chi connectivity index (χ0v) is 19.3. The van der Waals surface area contributed by atoms with Crippen molar-refractivity contribution >= 4 is 18.4 Å². The number of hydrogen-bond donors (Lipinski definition) is 2. The zero-order valence-electron chi connectivity index (χ0n) is 19.3. The van der Waals surface area contributed by atoms with Crippen LogP contribution in [0.15, 0.2) is 18.2 Å². The third-order valence-electron chi connectivity index (χ3n) is 5.07. The molecule has 0 bridgehead atoms. The molecule has 2 heterocycles. The van der Waals surface area contributed by atoms with E-state index in [1.54, 1.807) is 18.9 Å². The maximum Gasteiger partial charge on any atom is 0.410 e. The molecular weight excluding hydrogens is 426 g/mol. The molecule has 1 aliphatic rings. The molecule has 3 rings (SSSR count). The van der Waals surface area contributed by atoms with Crippen molar-refractivity contribution in [1.82, 2.24) is 14.8 Å². The molecule has 0 unspecified atom stereocenters. The number of methoxy groups -OCH3 is 1. The Bertz CT molecular complexity index is 1050. The Hall–Kier alpha value is -3.84. The van der Waals surface area contributed by atoms with E-state index in [9.17, 15) is 10.1 Å². The summed E-state index contributed by atoms with van der Waals surface area (Å²) in [6, 6.07) is 8.03. The lowest BCUT2D eigenvalue weighted by Crippen LogP contribution is -2.37. The Morgan fingerprint density at radius 3 is 2.70 bits per heavy atom. The lowest BCUT2D eigenvalue weighted by molar-refractivity contribution is -0.122. The van der Waals surface area contributed by atoms with Crippen LogP contribution in [0.2, 0.25) is 0 Å². The van der Waals surface area contributed by atoms with E-state index in [0.29, 0.717) is 38.2 Å². The fraction of sp³-hybridized carbons (Fsp3) is 0.391. The number of pyridine rings is 1. The maximum absolute atomic E-state index is 12.3. The van der Waals surface area contributed by atoms with Crippen molar-refractivity contribution in [2.75, 3.05) is 40.1 Å². The lowest BCUT2D eigenvalue weighted by atomic mass is 9.90. The molecule has 0 fully saturated rings. The van der Waals surface area contributed by atoms with Gasteiger partial charge in [-0.05, 0) is 38.7 Å². The van der Waals surface area contributed by atoms with Crippen molar-refractivity contribution in [3.63, 3.8) is 0 Å². The second-order valence-corrected chi connectivity index (χ2v) is 7.52. The van der Waals surface area contributed by atoms with Gasteiger partial charge in [0.15, 0.2) is 0 Å². The molecule has 0 aliphatic carbocycles. The molecule has 0 saturated heterocycles. The van der Waals surface area contributed by atoms with E-state index in [0.717, 1.165) is 33.7 Å². The highest BCUT2D eigenvalue weighted by molar-refractivity contribution is 5.81. The average Bonchev–Trinajstić information content (AvgIpc) is 2.78. The first-order chi connectivity index (χ1) is 15.8. The molecule has 176 valence electrons. The topological polar surface area (TPSA) is 142 Å². The van der Waals surface area contributed by atoms with Crippen LogP contribution >= 0.6 is 0 Å². The summed E-state index contributed by atoms with van der Waals surface area (Å²) in [4.78, 5) is 28.8. The smallest absolute Gasteiger partial charge is 0.410 e. The van der Waals surface area contributed by atoms with Crippen LogP contribution < -0.4 is 10.5 Å². The number of nitrogens with zero attached hydrogens (tertiary/aromatic N) is 4. The number of nitrogen functional groups attached to an aromatic ring is 1. The summed E-state index contributed by atoms with van der Waals surface area (Å²) in [6.45, 7) is 3.33. The summed E-state index contributed by atoms with van der Waals surface area (Å²) in [5, 5.41) is 16.7. The Labute approximate surface area is 193 Å². The Balaban J connectivity index is 0.00000122. The van der Waals surface area contributed by atoms with Crippen molar-refractivity contribution in [2.24, 2.45) is 0 Å². The standard InChI is InChI=1S/C22H27N5O3.CH2O2/c1-5-30-22(28)27-9-8-18-17(13-27)20(16(11-23)21(24)25-18)14-6-7-19(29-4)15(10-14)12-26(2)3;2-1-3/h6-7,10H,5,8-9,12-13H2,1-4H3,(H2,24,25);1H,(H,2,3). The molecule has 1 aromatic carbocycles. The second kappa shape index (κ2) is 11.7. The Morgan fingerprint density at radius 1 is 1.42 bits per heavy atom. The van der Waals surface area contributed by atoms with Crippen LogP contribution in [0.5, 0.6) is 5.75 Å². The number of amides is 1. The van der Waals surface area contributed by atoms with Crippen molar-refractivity contribution in [1.29, 1.82) is 5.26 Å². The molecule has 0 atom stereocenters. The van der Waals surface area contributed by atoms with E-state index in [2.05, 4.69) is 11.1 Å². The number of benzene rings is 1. The maximum atomic E-state index is 12.3. The number of carbonyl (C=O) groups is 2. The number of nitriles is 1. The minimum Gasteiger partial charge on any atom is -0.496 e. The van der Waals surface area contributed by atoms with Crippen molar-refractivity contribution < 1.29 is 24.2 Å². The predicted octanol–water partition coefficient (Wildman–Crippen LogP) is 2.49. The van der Waals surface area contributed by atoms with Gasteiger partial charge in [0.2, 0.25) is 0 Å². The highest BCUT2D eigenvalue weighted by atomic mass is 16.6. The molecule has 10 nitrogen and oxygen atoms in total. The summed E-state index contributed by atoms with van der Waals surface area (Å²) in [5.41, 5.74) is 10.7. The number of fused-ring (bicyclic) bond motifs is 1. The van der Waals surface area contributed by atoms with Gasteiger partial charge in [0.25, 0.3) is 6.47 Å². The molecule has 10 heteroatoms. The van der Waals surface area contributed by atoms with E-state index in [1.165, 1.54) is 0 Å². The molecule has 33 heavy (non-hydrogen) atoms.